The zero-order chi connectivity index (χ0) is 14.4. The van der Waals surface area contributed by atoms with Crippen molar-refractivity contribution in [2.45, 2.75) is 6.92 Å². The lowest BCUT2D eigenvalue weighted by Crippen LogP contribution is -2.11. The Morgan fingerprint density at radius 1 is 1.53 bits per heavy atom. The number of amides is 1. The molecule has 0 radical (unpaired) electrons. The topological polar surface area (TPSA) is 112 Å². The van der Waals surface area contributed by atoms with E-state index in [4.69, 9.17) is 5.26 Å². The first kappa shape index (κ1) is 14.2. The number of methoxy groups -OCH3 is 1. The van der Waals surface area contributed by atoms with Gasteiger partial charge in [-0.05, 0) is 12.1 Å². The Balaban J connectivity index is 3.36. The summed E-state index contributed by atoms with van der Waals surface area (Å²) < 4.78 is 4.38. The average molecular weight is 261 g/mol. The number of rotatable bonds is 3. The summed E-state index contributed by atoms with van der Waals surface area (Å²) in [6.45, 7) is 1.27. The first-order valence-corrected chi connectivity index (χ1v) is 5.15. The quantitative estimate of drug-likeness (QED) is 0.363. The Morgan fingerprint density at radius 3 is 2.74 bits per heavy atom. The summed E-state index contributed by atoms with van der Waals surface area (Å²) in [6, 6.07) is 4.45. The third-order valence-corrected chi connectivity index (χ3v) is 2.10. The molecular formula is C12H11N3O4. The SMILES string of the molecule is COC(=O)/C(C#N)=C(\O)c1cccnc1NC(C)=O. The van der Waals surface area contributed by atoms with Crippen LogP contribution in [0.2, 0.25) is 0 Å². The van der Waals surface area contributed by atoms with Crippen molar-refractivity contribution in [2.75, 3.05) is 12.4 Å². The van der Waals surface area contributed by atoms with Crippen LogP contribution in [0.5, 0.6) is 0 Å². The lowest BCUT2D eigenvalue weighted by atomic mass is 10.1. The number of hydrogen-bond acceptors (Lipinski definition) is 6. The van der Waals surface area contributed by atoms with Gasteiger partial charge in [0.1, 0.15) is 11.9 Å². The standard InChI is InChI=1S/C12H11N3O4/c1-7(16)15-11-8(4-3-5-14-11)10(17)9(6-13)12(18)19-2/h3-5,17H,1-2H3,(H,14,15,16)/b10-9-. The van der Waals surface area contributed by atoms with E-state index in [2.05, 4.69) is 15.0 Å². The number of nitriles is 1. The summed E-state index contributed by atoms with van der Waals surface area (Å²) in [5, 5.41) is 21.2. The summed E-state index contributed by atoms with van der Waals surface area (Å²) in [6.07, 6.45) is 1.40. The third kappa shape index (κ3) is 3.29. The van der Waals surface area contributed by atoms with Gasteiger partial charge in [-0.3, -0.25) is 4.79 Å². The highest BCUT2D eigenvalue weighted by atomic mass is 16.5. The Kier molecular flexibility index (Phi) is 4.60. The number of aliphatic hydroxyl groups excluding tert-OH is 1. The maximum Gasteiger partial charge on any atom is 0.352 e. The van der Waals surface area contributed by atoms with Crippen LogP contribution in [0.1, 0.15) is 12.5 Å². The van der Waals surface area contributed by atoms with Gasteiger partial charge >= 0.3 is 5.97 Å². The van der Waals surface area contributed by atoms with Crippen LogP contribution in [0.25, 0.3) is 5.76 Å². The van der Waals surface area contributed by atoms with Crippen LogP contribution in [0.15, 0.2) is 23.9 Å². The van der Waals surface area contributed by atoms with Crippen LogP contribution in [0.4, 0.5) is 5.82 Å². The van der Waals surface area contributed by atoms with E-state index in [1.165, 1.54) is 25.3 Å². The molecule has 2 N–H and O–H groups in total. The first-order valence-electron chi connectivity index (χ1n) is 5.15. The van der Waals surface area contributed by atoms with E-state index in [1.807, 2.05) is 0 Å². The summed E-state index contributed by atoms with van der Waals surface area (Å²) in [7, 11) is 1.09. The maximum absolute atomic E-state index is 11.3. The number of carbonyl (C=O) groups is 2. The molecule has 0 fully saturated rings. The fourth-order valence-corrected chi connectivity index (χ4v) is 1.29. The number of nitrogens with one attached hydrogen (secondary N) is 1. The van der Waals surface area contributed by atoms with Gasteiger partial charge in [0.25, 0.3) is 0 Å². The summed E-state index contributed by atoms with van der Waals surface area (Å²) in [4.78, 5) is 26.2. The van der Waals surface area contributed by atoms with Crippen molar-refractivity contribution in [3.63, 3.8) is 0 Å². The number of aromatic nitrogens is 1. The van der Waals surface area contributed by atoms with Crippen molar-refractivity contribution in [3.8, 4) is 6.07 Å². The highest BCUT2D eigenvalue weighted by Crippen LogP contribution is 2.22. The monoisotopic (exact) mass is 261 g/mol. The highest BCUT2D eigenvalue weighted by molar-refractivity contribution is 6.01. The second-order valence-electron chi connectivity index (χ2n) is 3.41. The van der Waals surface area contributed by atoms with E-state index >= 15 is 0 Å². The summed E-state index contributed by atoms with van der Waals surface area (Å²) in [5.74, 6) is -1.93. The molecule has 1 amide bonds. The molecule has 98 valence electrons. The lowest BCUT2D eigenvalue weighted by molar-refractivity contribution is -0.135. The van der Waals surface area contributed by atoms with Gasteiger partial charge < -0.3 is 15.2 Å². The van der Waals surface area contributed by atoms with E-state index in [1.54, 1.807) is 6.07 Å². The molecule has 0 aliphatic heterocycles. The van der Waals surface area contributed by atoms with Gasteiger partial charge in [-0.15, -0.1) is 0 Å². The average Bonchev–Trinajstić information content (AvgIpc) is 2.39. The number of ether oxygens (including phenoxy) is 1. The minimum absolute atomic E-state index is 0.0455. The van der Waals surface area contributed by atoms with Gasteiger partial charge in [0.15, 0.2) is 11.3 Å². The number of anilines is 1. The van der Waals surface area contributed by atoms with Crippen LogP contribution < -0.4 is 5.32 Å². The number of carbonyl (C=O) groups excluding carboxylic acids is 2. The zero-order valence-corrected chi connectivity index (χ0v) is 10.3. The fraction of sp³-hybridized carbons (Fsp3) is 0.167. The van der Waals surface area contributed by atoms with E-state index < -0.39 is 23.2 Å². The van der Waals surface area contributed by atoms with Crippen molar-refractivity contribution in [3.05, 3.63) is 29.5 Å². The van der Waals surface area contributed by atoms with Crippen molar-refractivity contribution in [2.24, 2.45) is 0 Å². The Hall–Kier alpha value is -2.88. The molecule has 7 nitrogen and oxygen atoms in total. The molecule has 0 unspecified atom stereocenters. The molecule has 0 spiro atoms. The molecule has 0 saturated carbocycles. The second-order valence-corrected chi connectivity index (χ2v) is 3.41. The van der Waals surface area contributed by atoms with Crippen molar-refractivity contribution in [1.29, 1.82) is 5.26 Å². The van der Waals surface area contributed by atoms with Gasteiger partial charge in [-0.2, -0.15) is 5.26 Å². The van der Waals surface area contributed by atoms with Crippen LogP contribution in [-0.2, 0) is 14.3 Å². The Labute approximate surface area is 109 Å². The first-order chi connectivity index (χ1) is 9.01. The molecule has 0 aliphatic rings. The largest absolute Gasteiger partial charge is 0.506 e. The van der Waals surface area contributed by atoms with Gasteiger partial charge in [0.05, 0.1) is 12.7 Å². The molecule has 0 aliphatic carbocycles. The van der Waals surface area contributed by atoms with Gasteiger partial charge in [0.2, 0.25) is 5.91 Å². The van der Waals surface area contributed by atoms with Crippen LogP contribution in [-0.4, -0.2) is 29.1 Å². The predicted molar refractivity (Wildman–Crippen MR) is 65.7 cm³/mol. The van der Waals surface area contributed by atoms with Crippen LogP contribution in [0, 0.1) is 11.3 Å². The zero-order valence-electron chi connectivity index (χ0n) is 10.3. The highest BCUT2D eigenvalue weighted by Gasteiger charge is 2.19. The van der Waals surface area contributed by atoms with E-state index in [9.17, 15) is 14.7 Å². The molecule has 7 heteroatoms. The van der Waals surface area contributed by atoms with Crippen LogP contribution in [0.3, 0.4) is 0 Å². The van der Waals surface area contributed by atoms with E-state index in [0.717, 1.165) is 7.11 Å². The van der Waals surface area contributed by atoms with Crippen molar-refractivity contribution < 1.29 is 19.4 Å². The van der Waals surface area contributed by atoms with Gasteiger partial charge in [-0.25, -0.2) is 9.78 Å². The Bertz CT molecular complexity index is 587. The molecule has 0 saturated heterocycles. The van der Waals surface area contributed by atoms with Crippen LogP contribution >= 0.6 is 0 Å². The van der Waals surface area contributed by atoms with E-state index in [0.29, 0.717) is 0 Å². The Morgan fingerprint density at radius 2 is 2.21 bits per heavy atom. The minimum atomic E-state index is -0.974. The normalized spacial score (nSPS) is 11.0. The third-order valence-electron chi connectivity index (χ3n) is 2.10. The van der Waals surface area contributed by atoms with E-state index in [-0.39, 0.29) is 11.4 Å². The fourth-order valence-electron chi connectivity index (χ4n) is 1.29. The minimum Gasteiger partial charge on any atom is -0.506 e. The predicted octanol–water partition coefficient (Wildman–Crippen LogP) is 1.01. The molecule has 0 aromatic carbocycles. The van der Waals surface area contributed by atoms with Gasteiger partial charge in [-0.1, -0.05) is 0 Å². The molecule has 1 heterocycles. The molecular weight excluding hydrogens is 250 g/mol. The second kappa shape index (κ2) is 6.16. The molecule has 19 heavy (non-hydrogen) atoms. The summed E-state index contributed by atoms with van der Waals surface area (Å²) >= 11 is 0. The maximum atomic E-state index is 11.3. The van der Waals surface area contributed by atoms with Crippen molar-refractivity contribution >= 4 is 23.5 Å². The number of pyridine rings is 1. The molecule has 0 bridgehead atoms. The number of esters is 1. The number of aliphatic hydroxyl groups is 1. The number of nitrogens with zero attached hydrogens (tertiary/aromatic N) is 2. The molecule has 1 aromatic rings. The molecule has 1 rings (SSSR count). The summed E-state index contributed by atoms with van der Waals surface area (Å²) in [5.41, 5.74) is -0.512. The van der Waals surface area contributed by atoms with Crippen molar-refractivity contribution in [1.82, 2.24) is 4.98 Å². The molecule has 0 atom stereocenters. The van der Waals surface area contributed by atoms with Gasteiger partial charge in [0, 0.05) is 13.1 Å². The lowest BCUT2D eigenvalue weighted by Gasteiger charge is -2.08. The molecule has 1 aromatic heterocycles. The smallest absolute Gasteiger partial charge is 0.352 e. The number of hydrogen-bond donors (Lipinski definition) is 2.